The summed E-state index contributed by atoms with van der Waals surface area (Å²) in [5, 5.41) is 0. The van der Waals surface area contributed by atoms with Gasteiger partial charge in [-0.25, -0.2) is 4.98 Å². The van der Waals surface area contributed by atoms with E-state index in [0.717, 1.165) is 18.9 Å². The van der Waals surface area contributed by atoms with Gasteiger partial charge in [0.25, 0.3) is 5.91 Å². The maximum Gasteiger partial charge on any atom is 0.263 e. The summed E-state index contributed by atoms with van der Waals surface area (Å²) in [4.78, 5) is 25.0. The van der Waals surface area contributed by atoms with Gasteiger partial charge < -0.3 is 24.0 Å². The Kier molecular flexibility index (Phi) is 4.47. The first-order chi connectivity index (χ1) is 12.7. The summed E-state index contributed by atoms with van der Waals surface area (Å²) in [5.74, 6) is 2.73. The Balaban J connectivity index is 1.33. The van der Waals surface area contributed by atoms with Crippen LogP contribution in [0.1, 0.15) is 6.92 Å². The van der Waals surface area contributed by atoms with Gasteiger partial charge in [-0.3, -0.25) is 9.78 Å². The maximum absolute atomic E-state index is 12.7. The summed E-state index contributed by atoms with van der Waals surface area (Å²) < 4.78 is 16.4. The van der Waals surface area contributed by atoms with Crippen LogP contribution in [0.15, 0.2) is 36.8 Å². The lowest BCUT2D eigenvalue weighted by Crippen LogP contribution is -2.52. The molecular weight excluding hydrogens is 336 g/mol. The number of ether oxygens (including phenoxy) is 3. The molecule has 1 fully saturated rings. The number of anilines is 1. The fourth-order valence-electron chi connectivity index (χ4n) is 3.07. The molecule has 3 heterocycles. The summed E-state index contributed by atoms with van der Waals surface area (Å²) in [6.45, 7) is 4.68. The number of rotatable bonds is 4. The molecule has 0 radical (unpaired) electrons. The van der Waals surface area contributed by atoms with Crippen molar-refractivity contribution in [3.63, 3.8) is 0 Å². The lowest BCUT2D eigenvalue weighted by Gasteiger charge is -2.36. The van der Waals surface area contributed by atoms with Crippen molar-refractivity contribution < 1.29 is 19.0 Å². The van der Waals surface area contributed by atoms with Crippen molar-refractivity contribution in [2.75, 3.05) is 37.9 Å². The summed E-state index contributed by atoms with van der Waals surface area (Å²) in [5.41, 5.74) is 0. The van der Waals surface area contributed by atoms with Gasteiger partial charge in [0.15, 0.2) is 17.6 Å². The quantitative estimate of drug-likeness (QED) is 0.818. The Labute approximate surface area is 151 Å². The monoisotopic (exact) mass is 356 g/mol. The molecule has 4 rings (SSSR count). The Bertz CT molecular complexity index is 778. The van der Waals surface area contributed by atoms with Crippen LogP contribution in [0.3, 0.4) is 0 Å². The van der Waals surface area contributed by atoms with Crippen molar-refractivity contribution in [2.45, 2.75) is 13.0 Å². The van der Waals surface area contributed by atoms with Gasteiger partial charge in [0, 0.05) is 44.6 Å². The van der Waals surface area contributed by atoms with Crippen LogP contribution in [0.4, 0.5) is 5.82 Å². The first-order valence-electron chi connectivity index (χ1n) is 8.57. The van der Waals surface area contributed by atoms with Crippen LogP contribution >= 0.6 is 0 Å². The van der Waals surface area contributed by atoms with Gasteiger partial charge >= 0.3 is 0 Å². The molecule has 0 aliphatic carbocycles. The van der Waals surface area contributed by atoms with E-state index >= 15 is 0 Å². The molecule has 2 aliphatic rings. The van der Waals surface area contributed by atoms with Crippen LogP contribution in [0, 0.1) is 0 Å². The predicted octanol–water partition coefficient (Wildman–Crippen LogP) is 1.32. The largest absolute Gasteiger partial charge is 0.481 e. The van der Waals surface area contributed by atoms with E-state index in [2.05, 4.69) is 14.9 Å². The molecule has 1 atom stereocenters. The third kappa shape index (κ3) is 3.35. The van der Waals surface area contributed by atoms with Crippen LogP contribution in [-0.2, 0) is 4.79 Å². The number of hydrogen-bond acceptors (Lipinski definition) is 7. The molecule has 26 heavy (non-hydrogen) atoms. The molecule has 0 saturated carbocycles. The van der Waals surface area contributed by atoms with Crippen molar-refractivity contribution in [3.8, 4) is 17.2 Å². The molecule has 136 valence electrons. The van der Waals surface area contributed by atoms with Crippen LogP contribution < -0.4 is 19.1 Å². The smallest absolute Gasteiger partial charge is 0.263 e. The SMILES string of the molecule is C[C@@H](Oc1ccc2c(c1)OCO2)C(=O)N1CCN(c2cnccn2)CC1. The second kappa shape index (κ2) is 7.07. The van der Waals surface area contributed by atoms with E-state index in [-0.39, 0.29) is 12.7 Å². The molecule has 1 aromatic carbocycles. The number of amides is 1. The summed E-state index contributed by atoms with van der Waals surface area (Å²) in [6.07, 6.45) is 4.49. The number of carbonyl (C=O) groups excluding carboxylic acids is 1. The Morgan fingerprint density at radius 1 is 1.15 bits per heavy atom. The van der Waals surface area contributed by atoms with Crippen molar-refractivity contribution in [1.29, 1.82) is 0 Å². The van der Waals surface area contributed by atoms with Crippen LogP contribution in [0.25, 0.3) is 0 Å². The molecule has 2 aliphatic heterocycles. The summed E-state index contributed by atoms with van der Waals surface area (Å²) in [6, 6.07) is 5.32. The summed E-state index contributed by atoms with van der Waals surface area (Å²) >= 11 is 0. The molecular formula is C18H20N4O4. The molecule has 8 nitrogen and oxygen atoms in total. The molecule has 2 aromatic rings. The number of benzene rings is 1. The lowest BCUT2D eigenvalue weighted by molar-refractivity contribution is -0.138. The number of piperazine rings is 1. The fraction of sp³-hybridized carbons (Fsp3) is 0.389. The van der Waals surface area contributed by atoms with E-state index in [0.29, 0.717) is 30.3 Å². The second-order valence-electron chi connectivity index (χ2n) is 6.15. The molecule has 0 bridgehead atoms. The highest BCUT2D eigenvalue weighted by Crippen LogP contribution is 2.35. The summed E-state index contributed by atoms with van der Waals surface area (Å²) in [7, 11) is 0. The first kappa shape index (κ1) is 16.4. The molecule has 1 amide bonds. The van der Waals surface area contributed by atoms with E-state index in [1.54, 1.807) is 43.7 Å². The van der Waals surface area contributed by atoms with Gasteiger partial charge in [0.05, 0.1) is 6.20 Å². The van der Waals surface area contributed by atoms with E-state index in [4.69, 9.17) is 14.2 Å². The maximum atomic E-state index is 12.7. The van der Waals surface area contributed by atoms with Gasteiger partial charge in [0.1, 0.15) is 11.6 Å². The van der Waals surface area contributed by atoms with Crippen molar-refractivity contribution >= 4 is 11.7 Å². The Morgan fingerprint density at radius 3 is 2.73 bits per heavy atom. The highest BCUT2D eigenvalue weighted by atomic mass is 16.7. The number of hydrogen-bond donors (Lipinski definition) is 0. The van der Waals surface area contributed by atoms with Crippen molar-refractivity contribution in [3.05, 3.63) is 36.8 Å². The van der Waals surface area contributed by atoms with E-state index in [1.165, 1.54) is 0 Å². The lowest BCUT2D eigenvalue weighted by atomic mass is 10.2. The fourth-order valence-corrected chi connectivity index (χ4v) is 3.07. The topological polar surface area (TPSA) is 77.0 Å². The molecule has 1 saturated heterocycles. The normalized spacial score (nSPS) is 17.1. The van der Waals surface area contributed by atoms with Crippen LogP contribution in [-0.4, -0.2) is 59.9 Å². The zero-order valence-corrected chi connectivity index (χ0v) is 14.5. The van der Waals surface area contributed by atoms with E-state index in [1.807, 2.05) is 4.90 Å². The van der Waals surface area contributed by atoms with Crippen LogP contribution in [0.2, 0.25) is 0 Å². The minimum Gasteiger partial charge on any atom is -0.481 e. The van der Waals surface area contributed by atoms with Gasteiger partial charge in [-0.05, 0) is 19.1 Å². The molecule has 0 unspecified atom stereocenters. The van der Waals surface area contributed by atoms with Crippen molar-refractivity contribution in [2.24, 2.45) is 0 Å². The molecule has 0 spiro atoms. The Hall–Kier alpha value is -3.03. The molecule has 0 N–H and O–H groups in total. The average molecular weight is 356 g/mol. The van der Waals surface area contributed by atoms with Gasteiger partial charge in [0.2, 0.25) is 6.79 Å². The highest BCUT2D eigenvalue weighted by Gasteiger charge is 2.27. The van der Waals surface area contributed by atoms with Crippen LogP contribution in [0.5, 0.6) is 17.2 Å². The molecule has 8 heteroatoms. The van der Waals surface area contributed by atoms with Gasteiger partial charge in [-0.2, -0.15) is 0 Å². The third-order valence-corrected chi connectivity index (χ3v) is 4.47. The van der Waals surface area contributed by atoms with Gasteiger partial charge in [-0.15, -0.1) is 0 Å². The zero-order valence-electron chi connectivity index (χ0n) is 14.5. The predicted molar refractivity (Wildman–Crippen MR) is 93.5 cm³/mol. The zero-order chi connectivity index (χ0) is 17.9. The highest BCUT2D eigenvalue weighted by molar-refractivity contribution is 5.81. The second-order valence-corrected chi connectivity index (χ2v) is 6.15. The number of fused-ring (bicyclic) bond motifs is 1. The van der Waals surface area contributed by atoms with Gasteiger partial charge in [-0.1, -0.05) is 0 Å². The number of aromatic nitrogens is 2. The number of nitrogens with zero attached hydrogens (tertiary/aromatic N) is 4. The number of carbonyl (C=O) groups is 1. The van der Waals surface area contributed by atoms with Crippen molar-refractivity contribution in [1.82, 2.24) is 14.9 Å². The minimum absolute atomic E-state index is 0.0264. The molecule has 1 aromatic heterocycles. The first-order valence-corrected chi connectivity index (χ1v) is 8.57. The minimum atomic E-state index is -0.571. The third-order valence-electron chi connectivity index (χ3n) is 4.47. The van der Waals surface area contributed by atoms with E-state index in [9.17, 15) is 4.79 Å². The standard InChI is InChI=1S/C18H20N4O4/c1-13(26-14-2-3-15-16(10-14)25-12-24-15)18(23)22-8-6-21(7-9-22)17-11-19-4-5-20-17/h2-5,10-11,13H,6-9,12H2,1H3/t13-/m1/s1. The van der Waals surface area contributed by atoms with E-state index < -0.39 is 6.10 Å². The Morgan fingerprint density at radius 2 is 1.96 bits per heavy atom. The average Bonchev–Trinajstić information content (AvgIpc) is 3.16.